The van der Waals surface area contributed by atoms with Crippen molar-refractivity contribution >= 4 is 18.3 Å². The Balaban J connectivity index is 0.00000220. The summed E-state index contributed by atoms with van der Waals surface area (Å²) >= 11 is 0. The fraction of sp³-hybridized carbons (Fsp3) is 0.562. The van der Waals surface area contributed by atoms with Crippen LogP contribution in [0.2, 0.25) is 0 Å². The highest BCUT2D eigenvalue weighted by Crippen LogP contribution is 2.20. The molecule has 2 rings (SSSR count). The molecule has 0 spiro atoms. The maximum absolute atomic E-state index is 12.2. The molecule has 0 radical (unpaired) electrons. The molecule has 0 aliphatic carbocycles. The van der Waals surface area contributed by atoms with E-state index in [2.05, 4.69) is 5.32 Å². The van der Waals surface area contributed by atoms with Gasteiger partial charge in [0, 0.05) is 25.6 Å². The predicted molar refractivity (Wildman–Crippen MR) is 86.9 cm³/mol. The van der Waals surface area contributed by atoms with Crippen LogP contribution < -0.4 is 10.1 Å². The molecule has 1 aliphatic rings. The second-order valence-electron chi connectivity index (χ2n) is 5.46. The number of hydrogen-bond acceptors (Lipinski definition) is 3. The quantitative estimate of drug-likeness (QED) is 0.877. The van der Waals surface area contributed by atoms with Crippen molar-refractivity contribution < 1.29 is 9.53 Å². The number of carbonyl (C=O) groups excluding carboxylic acids is 1. The molecule has 4 nitrogen and oxygen atoms in total. The SMILES string of the molecule is COc1ccccc1CN(C)C(=O)CCC1CCNC1.Cl. The number of rotatable bonds is 6. The summed E-state index contributed by atoms with van der Waals surface area (Å²) in [6.07, 6.45) is 2.82. The molecule has 1 atom stereocenters. The monoisotopic (exact) mass is 312 g/mol. The first-order valence-electron chi connectivity index (χ1n) is 7.27. The van der Waals surface area contributed by atoms with Gasteiger partial charge in [-0.25, -0.2) is 0 Å². The van der Waals surface area contributed by atoms with Gasteiger partial charge in [-0.15, -0.1) is 12.4 Å². The zero-order valence-electron chi connectivity index (χ0n) is 12.8. The Bertz CT molecular complexity index is 448. The number of benzene rings is 1. The van der Waals surface area contributed by atoms with E-state index in [9.17, 15) is 4.79 Å². The Kier molecular flexibility index (Phi) is 7.54. The Morgan fingerprint density at radius 3 is 2.86 bits per heavy atom. The molecule has 1 amide bonds. The van der Waals surface area contributed by atoms with Crippen LogP contribution in [0.5, 0.6) is 5.75 Å². The Hall–Kier alpha value is -1.26. The summed E-state index contributed by atoms with van der Waals surface area (Å²) in [4.78, 5) is 14.0. The van der Waals surface area contributed by atoms with Crippen molar-refractivity contribution in [3.63, 3.8) is 0 Å². The molecule has 1 fully saturated rings. The summed E-state index contributed by atoms with van der Waals surface area (Å²) in [7, 11) is 3.52. The van der Waals surface area contributed by atoms with E-state index in [1.165, 1.54) is 6.42 Å². The lowest BCUT2D eigenvalue weighted by atomic mass is 10.0. The van der Waals surface area contributed by atoms with Gasteiger partial charge in [-0.05, 0) is 37.9 Å². The van der Waals surface area contributed by atoms with E-state index in [4.69, 9.17) is 4.74 Å². The number of methoxy groups -OCH3 is 1. The first-order chi connectivity index (χ1) is 9.70. The molecular weight excluding hydrogens is 288 g/mol. The van der Waals surface area contributed by atoms with Gasteiger partial charge in [-0.1, -0.05) is 18.2 Å². The highest BCUT2D eigenvalue weighted by molar-refractivity contribution is 5.85. The van der Waals surface area contributed by atoms with Gasteiger partial charge in [0.05, 0.1) is 7.11 Å². The van der Waals surface area contributed by atoms with Gasteiger partial charge in [0.15, 0.2) is 0 Å². The lowest BCUT2D eigenvalue weighted by Gasteiger charge is -2.19. The summed E-state index contributed by atoms with van der Waals surface area (Å²) in [6, 6.07) is 7.85. The number of nitrogens with zero attached hydrogens (tertiary/aromatic N) is 1. The molecule has 118 valence electrons. The molecule has 0 saturated carbocycles. The summed E-state index contributed by atoms with van der Waals surface area (Å²) in [5, 5.41) is 3.34. The van der Waals surface area contributed by atoms with E-state index in [-0.39, 0.29) is 18.3 Å². The van der Waals surface area contributed by atoms with E-state index < -0.39 is 0 Å². The van der Waals surface area contributed by atoms with Crippen LogP contribution in [0.25, 0.3) is 0 Å². The second-order valence-corrected chi connectivity index (χ2v) is 5.46. The summed E-state index contributed by atoms with van der Waals surface area (Å²) < 4.78 is 5.32. The Morgan fingerprint density at radius 1 is 1.43 bits per heavy atom. The third-order valence-electron chi connectivity index (χ3n) is 3.95. The third kappa shape index (κ3) is 5.21. The molecule has 1 heterocycles. The lowest BCUT2D eigenvalue weighted by molar-refractivity contribution is -0.130. The minimum atomic E-state index is 0. The second kappa shape index (κ2) is 8.90. The van der Waals surface area contributed by atoms with Crippen molar-refractivity contribution in [2.45, 2.75) is 25.8 Å². The standard InChI is InChI=1S/C16H24N2O2.ClH/c1-18(12-14-5-3-4-6-15(14)20-2)16(19)8-7-13-9-10-17-11-13;/h3-6,13,17H,7-12H2,1-2H3;1H. The molecule has 1 aromatic rings. The number of carbonyl (C=O) groups is 1. The number of nitrogens with one attached hydrogen (secondary N) is 1. The van der Waals surface area contributed by atoms with Gasteiger partial charge in [-0.2, -0.15) is 0 Å². The number of hydrogen-bond donors (Lipinski definition) is 1. The molecule has 1 unspecified atom stereocenters. The summed E-state index contributed by atoms with van der Waals surface area (Å²) in [6.45, 7) is 2.76. The van der Waals surface area contributed by atoms with Crippen molar-refractivity contribution in [1.29, 1.82) is 0 Å². The zero-order valence-corrected chi connectivity index (χ0v) is 13.6. The lowest BCUT2D eigenvalue weighted by Crippen LogP contribution is -2.26. The molecule has 0 bridgehead atoms. The van der Waals surface area contributed by atoms with Crippen LogP contribution in [0.1, 0.15) is 24.8 Å². The molecule has 1 aliphatic heterocycles. The van der Waals surface area contributed by atoms with E-state index in [1.807, 2.05) is 31.3 Å². The van der Waals surface area contributed by atoms with E-state index in [1.54, 1.807) is 12.0 Å². The molecule has 1 aromatic carbocycles. The number of para-hydroxylation sites is 1. The highest BCUT2D eigenvalue weighted by atomic mass is 35.5. The Labute approximate surface area is 133 Å². The van der Waals surface area contributed by atoms with Crippen LogP contribution >= 0.6 is 12.4 Å². The zero-order chi connectivity index (χ0) is 14.4. The minimum Gasteiger partial charge on any atom is -0.496 e. The van der Waals surface area contributed by atoms with Gasteiger partial charge >= 0.3 is 0 Å². The van der Waals surface area contributed by atoms with Crippen LogP contribution in [-0.2, 0) is 11.3 Å². The fourth-order valence-corrected chi connectivity index (χ4v) is 2.66. The van der Waals surface area contributed by atoms with Crippen LogP contribution in [0.4, 0.5) is 0 Å². The van der Waals surface area contributed by atoms with E-state index >= 15 is 0 Å². The molecular formula is C16H25ClN2O2. The van der Waals surface area contributed by atoms with Crippen LogP contribution in [-0.4, -0.2) is 38.1 Å². The smallest absolute Gasteiger partial charge is 0.222 e. The molecule has 0 aromatic heterocycles. The van der Waals surface area contributed by atoms with Gasteiger partial charge in [0.2, 0.25) is 5.91 Å². The summed E-state index contributed by atoms with van der Waals surface area (Å²) in [5.41, 5.74) is 1.05. The van der Waals surface area contributed by atoms with Gasteiger partial charge in [0.1, 0.15) is 5.75 Å². The average molecular weight is 313 g/mol. The molecule has 21 heavy (non-hydrogen) atoms. The van der Waals surface area contributed by atoms with Crippen LogP contribution in [0.15, 0.2) is 24.3 Å². The highest BCUT2D eigenvalue weighted by Gasteiger charge is 2.17. The maximum Gasteiger partial charge on any atom is 0.222 e. The number of halogens is 1. The maximum atomic E-state index is 12.2. The van der Waals surface area contributed by atoms with Crippen molar-refractivity contribution in [3.05, 3.63) is 29.8 Å². The molecule has 1 N–H and O–H groups in total. The summed E-state index contributed by atoms with van der Waals surface area (Å²) in [5.74, 6) is 1.72. The first kappa shape index (κ1) is 17.8. The van der Waals surface area contributed by atoms with Crippen molar-refractivity contribution in [3.8, 4) is 5.75 Å². The van der Waals surface area contributed by atoms with Gasteiger partial charge in [-0.3, -0.25) is 4.79 Å². The average Bonchev–Trinajstić information content (AvgIpc) is 2.98. The topological polar surface area (TPSA) is 41.6 Å². The van der Waals surface area contributed by atoms with Crippen molar-refractivity contribution in [1.82, 2.24) is 10.2 Å². The van der Waals surface area contributed by atoms with Crippen molar-refractivity contribution in [2.75, 3.05) is 27.2 Å². The molecule has 5 heteroatoms. The fourth-order valence-electron chi connectivity index (χ4n) is 2.66. The predicted octanol–water partition coefficient (Wildman–Crippen LogP) is 2.47. The third-order valence-corrected chi connectivity index (χ3v) is 3.95. The van der Waals surface area contributed by atoms with Crippen LogP contribution in [0, 0.1) is 5.92 Å². The van der Waals surface area contributed by atoms with Gasteiger partial charge < -0.3 is 15.0 Å². The largest absolute Gasteiger partial charge is 0.496 e. The normalized spacial score (nSPS) is 17.1. The van der Waals surface area contributed by atoms with Crippen LogP contribution in [0.3, 0.4) is 0 Å². The van der Waals surface area contributed by atoms with Gasteiger partial charge in [0.25, 0.3) is 0 Å². The first-order valence-corrected chi connectivity index (χ1v) is 7.27. The van der Waals surface area contributed by atoms with E-state index in [0.717, 1.165) is 30.8 Å². The van der Waals surface area contributed by atoms with Crippen molar-refractivity contribution in [2.24, 2.45) is 5.92 Å². The van der Waals surface area contributed by atoms with E-state index in [0.29, 0.717) is 18.9 Å². The number of ether oxygens (including phenoxy) is 1. The Morgan fingerprint density at radius 2 is 2.19 bits per heavy atom. The molecule has 1 saturated heterocycles. The number of amides is 1. The minimum absolute atomic E-state index is 0.